The van der Waals surface area contributed by atoms with Gasteiger partial charge in [-0.2, -0.15) is 0 Å². The van der Waals surface area contributed by atoms with Gasteiger partial charge in [0, 0.05) is 5.88 Å². The predicted molar refractivity (Wildman–Crippen MR) is 72.6 cm³/mol. The van der Waals surface area contributed by atoms with E-state index in [4.69, 9.17) is 16.3 Å². The smallest absolute Gasteiger partial charge is 0.133 e. The minimum Gasteiger partial charge on any atom is -0.496 e. The van der Waals surface area contributed by atoms with Crippen molar-refractivity contribution in [3.8, 4) is 5.75 Å². The van der Waals surface area contributed by atoms with Crippen molar-refractivity contribution in [3.63, 3.8) is 0 Å². The summed E-state index contributed by atoms with van der Waals surface area (Å²) in [6.45, 7) is 1.97. The van der Waals surface area contributed by atoms with Crippen LogP contribution in [0.15, 0.2) is 22.7 Å². The van der Waals surface area contributed by atoms with E-state index in [1.807, 2.05) is 6.07 Å². The lowest BCUT2D eigenvalue weighted by atomic mass is 10.1. The minimum absolute atomic E-state index is 0.723. The SMILES string of the molecule is COc1ccc(CCNCCCCl)cc1Br. The monoisotopic (exact) mass is 305 g/mol. The van der Waals surface area contributed by atoms with E-state index in [1.165, 1.54) is 5.56 Å². The molecule has 0 spiro atoms. The van der Waals surface area contributed by atoms with Crippen molar-refractivity contribution in [1.29, 1.82) is 0 Å². The van der Waals surface area contributed by atoms with Gasteiger partial charge in [-0.3, -0.25) is 0 Å². The molecule has 0 radical (unpaired) electrons. The molecule has 0 aliphatic rings. The van der Waals surface area contributed by atoms with Gasteiger partial charge < -0.3 is 10.1 Å². The van der Waals surface area contributed by atoms with Gasteiger partial charge in [0.2, 0.25) is 0 Å². The van der Waals surface area contributed by atoms with Crippen LogP contribution >= 0.6 is 27.5 Å². The van der Waals surface area contributed by atoms with Crippen LogP contribution in [0.4, 0.5) is 0 Å². The third-order valence-corrected chi connectivity index (χ3v) is 3.18. The number of hydrogen-bond donors (Lipinski definition) is 1. The molecule has 1 aromatic carbocycles. The lowest BCUT2D eigenvalue weighted by Crippen LogP contribution is -2.18. The number of halogens is 2. The molecule has 0 saturated carbocycles. The number of ether oxygens (including phenoxy) is 1. The Balaban J connectivity index is 2.34. The Morgan fingerprint density at radius 1 is 1.38 bits per heavy atom. The molecule has 0 bridgehead atoms. The van der Waals surface area contributed by atoms with Gasteiger partial charge in [0.25, 0.3) is 0 Å². The molecular weight excluding hydrogens is 289 g/mol. The lowest BCUT2D eigenvalue weighted by Gasteiger charge is -2.07. The summed E-state index contributed by atoms with van der Waals surface area (Å²) < 4.78 is 6.19. The van der Waals surface area contributed by atoms with Crippen LogP contribution in [-0.2, 0) is 6.42 Å². The van der Waals surface area contributed by atoms with E-state index in [1.54, 1.807) is 7.11 Å². The molecule has 4 heteroatoms. The van der Waals surface area contributed by atoms with Gasteiger partial charge >= 0.3 is 0 Å². The first-order valence-corrected chi connectivity index (χ1v) is 6.69. The highest BCUT2D eigenvalue weighted by atomic mass is 79.9. The molecule has 0 aliphatic carbocycles. The molecule has 0 aromatic heterocycles. The molecule has 2 nitrogen and oxygen atoms in total. The number of rotatable bonds is 7. The summed E-state index contributed by atoms with van der Waals surface area (Å²) in [5.74, 6) is 1.60. The molecular formula is C12H17BrClNO. The summed E-state index contributed by atoms with van der Waals surface area (Å²) in [6.07, 6.45) is 2.04. The van der Waals surface area contributed by atoms with Gasteiger partial charge in [0.1, 0.15) is 5.75 Å². The Bertz CT molecular complexity index is 320. The van der Waals surface area contributed by atoms with Crippen molar-refractivity contribution in [2.75, 3.05) is 26.1 Å². The van der Waals surface area contributed by atoms with Crippen molar-refractivity contribution in [3.05, 3.63) is 28.2 Å². The van der Waals surface area contributed by atoms with Crippen LogP contribution < -0.4 is 10.1 Å². The van der Waals surface area contributed by atoms with Crippen LogP contribution in [0.25, 0.3) is 0 Å². The molecule has 16 heavy (non-hydrogen) atoms. The summed E-state index contributed by atoms with van der Waals surface area (Å²) in [5.41, 5.74) is 1.30. The molecule has 0 fully saturated rings. The number of nitrogens with one attached hydrogen (secondary N) is 1. The van der Waals surface area contributed by atoms with Gasteiger partial charge in [-0.25, -0.2) is 0 Å². The second kappa shape index (κ2) is 7.93. The van der Waals surface area contributed by atoms with Crippen molar-refractivity contribution >= 4 is 27.5 Å². The lowest BCUT2D eigenvalue weighted by molar-refractivity contribution is 0.412. The average molecular weight is 307 g/mol. The van der Waals surface area contributed by atoms with Crippen LogP contribution in [0.1, 0.15) is 12.0 Å². The molecule has 0 atom stereocenters. The molecule has 0 amide bonds. The van der Waals surface area contributed by atoms with E-state index in [-0.39, 0.29) is 0 Å². The molecule has 1 N–H and O–H groups in total. The fourth-order valence-corrected chi connectivity index (χ4v) is 2.14. The van der Waals surface area contributed by atoms with Gasteiger partial charge in [0.15, 0.2) is 0 Å². The van der Waals surface area contributed by atoms with Crippen molar-refractivity contribution in [2.45, 2.75) is 12.8 Å². The summed E-state index contributed by atoms with van der Waals surface area (Å²) >= 11 is 9.07. The molecule has 90 valence electrons. The Morgan fingerprint density at radius 2 is 2.19 bits per heavy atom. The first-order chi connectivity index (χ1) is 7.77. The Morgan fingerprint density at radius 3 is 2.81 bits per heavy atom. The molecule has 1 aromatic rings. The number of benzene rings is 1. The zero-order valence-electron chi connectivity index (χ0n) is 9.43. The van der Waals surface area contributed by atoms with Gasteiger partial charge in [-0.1, -0.05) is 6.07 Å². The molecule has 0 aliphatic heterocycles. The van der Waals surface area contributed by atoms with Crippen LogP contribution in [0.3, 0.4) is 0 Å². The average Bonchev–Trinajstić information content (AvgIpc) is 2.29. The maximum atomic E-state index is 5.59. The summed E-state index contributed by atoms with van der Waals surface area (Å²) in [4.78, 5) is 0. The van der Waals surface area contributed by atoms with E-state index < -0.39 is 0 Å². The van der Waals surface area contributed by atoms with Crippen LogP contribution in [0.2, 0.25) is 0 Å². The Kier molecular flexibility index (Phi) is 6.85. The Labute approximate surface area is 110 Å². The largest absolute Gasteiger partial charge is 0.496 e. The Hall–Kier alpha value is -0.250. The van der Waals surface area contributed by atoms with Gasteiger partial charge in [-0.05, 0) is 59.6 Å². The van der Waals surface area contributed by atoms with E-state index in [0.29, 0.717) is 0 Å². The second-order valence-electron chi connectivity index (χ2n) is 3.51. The summed E-state index contributed by atoms with van der Waals surface area (Å²) in [7, 11) is 1.67. The number of hydrogen-bond acceptors (Lipinski definition) is 2. The first kappa shape index (κ1) is 13.8. The minimum atomic E-state index is 0.723. The van der Waals surface area contributed by atoms with E-state index in [2.05, 4.69) is 33.4 Å². The normalized spacial score (nSPS) is 10.4. The van der Waals surface area contributed by atoms with Crippen LogP contribution in [0.5, 0.6) is 5.75 Å². The van der Waals surface area contributed by atoms with Crippen molar-refractivity contribution in [1.82, 2.24) is 5.32 Å². The zero-order valence-corrected chi connectivity index (χ0v) is 11.8. The summed E-state index contributed by atoms with van der Waals surface area (Å²) in [5, 5.41) is 3.35. The highest BCUT2D eigenvalue weighted by Gasteiger charge is 2.00. The molecule has 0 unspecified atom stereocenters. The number of alkyl halides is 1. The fraction of sp³-hybridized carbons (Fsp3) is 0.500. The van der Waals surface area contributed by atoms with Crippen molar-refractivity contribution < 1.29 is 4.74 Å². The predicted octanol–water partition coefficient (Wildman–Crippen LogP) is 3.22. The maximum absolute atomic E-state index is 5.59. The van der Waals surface area contributed by atoms with Crippen molar-refractivity contribution in [2.24, 2.45) is 0 Å². The first-order valence-electron chi connectivity index (χ1n) is 5.37. The van der Waals surface area contributed by atoms with E-state index in [9.17, 15) is 0 Å². The molecule has 0 saturated heterocycles. The maximum Gasteiger partial charge on any atom is 0.133 e. The topological polar surface area (TPSA) is 21.3 Å². The molecule has 1 rings (SSSR count). The van der Waals surface area contributed by atoms with E-state index >= 15 is 0 Å². The van der Waals surface area contributed by atoms with Crippen LogP contribution in [-0.4, -0.2) is 26.1 Å². The highest BCUT2D eigenvalue weighted by molar-refractivity contribution is 9.10. The quantitative estimate of drug-likeness (QED) is 0.617. The summed E-state index contributed by atoms with van der Waals surface area (Å²) in [6, 6.07) is 6.17. The zero-order chi connectivity index (χ0) is 11.8. The van der Waals surface area contributed by atoms with Crippen LogP contribution in [0, 0.1) is 0 Å². The fourth-order valence-electron chi connectivity index (χ4n) is 1.41. The third-order valence-electron chi connectivity index (χ3n) is 2.29. The second-order valence-corrected chi connectivity index (χ2v) is 4.74. The standard InChI is InChI=1S/C12H17BrClNO/c1-16-12-4-3-10(9-11(12)13)5-8-15-7-2-6-14/h3-4,9,15H,2,5-8H2,1H3. The third kappa shape index (κ3) is 4.73. The number of methoxy groups -OCH3 is 1. The van der Waals surface area contributed by atoms with Gasteiger partial charge in [-0.15, -0.1) is 11.6 Å². The van der Waals surface area contributed by atoms with E-state index in [0.717, 1.165) is 42.0 Å². The molecule has 0 heterocycles. The van der Waals surface area contributed by atoms with Gasteiger partial charge in [0.05, 0.1) is 11.6 Å². The highest BCUT2D eigenvalue weighted by Crippen LogP contribution is 2.25.